The fourth-order valence-corrected chi connectivity index (χ4v) is 6.11. The fourth-order valence-electron chi connectivity index (χ4n) is 4.25. The summed E-state index contributed by atoms with van der Waals surface area (Å²) >= 11 is 0. The average molecular weight is 560 g/mol. The van der Waals surface area contributed by atoms with Gasteiger partial charge in [0.2, 0.25) is 0 Å². The topological polar surface area (TPSA) is 142 Å². The number of anilines is 1. The van der Waals surface area contributed by atoms with Crippen molar-refractivity contribution in [3.63, 3.8) is 0 Å². The molecule has 0 heterocycles. The molecule has 1 aliphatic rings. The van der Waals surface area contributed by atoms with Gasteiger partial charge in [0.05, 0.1) is 23.3 Å². The molecule has 212 valence electrons. The molecule has 0 atom stereocenters. The molecular formula is C27H37BN2O8S. The summed E-state index contributed by atoms with van der Waals surface area (Å²) < 4.78 is 36.8. The van der Waals surface area contributed by atoms with Gasteiger partial charge < -0.3 is 24.4 Å². The molecule has 0 saturated heterocycles. The van der Waals surface area contributed by atoms with Crippen molar-refractivity contribution in [2.45, 2.75) is 76.2 Å². The molecule has 1 aliphatic carbocycles. The van der Waals surface area contributed by atoms with E-state index in [1.807, 2.05) is 13.8 Å². The van der Waals surface area contributed by atoms with Gasteiger partial charge in [-0.1, -0.05) is 12.1 Å². The van der Waals surface area contributed by atoms with Crippen LogP contribution in [0.4, 0.5) is 15.3 Å². The third-order valence-corrected chi connectivity index (χ3v) is 8.65. The summed E-state index contributed by atoms with van der Waals surface area (Å²) in [7, 11) is -3.60. The van der Waals surface area contributed by atoms with Crippen molar-refractivity contribution < 1.29 is 37.5 Å². The number of aryl methyl sites for hydroxylation is 2. The zero-order chi connectivity index (χ0) is 29.1. The number of benzene rings is 2. The third kappa shape index (κ3) is 8.20. The first kappa shape index (κ1) is 30.5. The number of rotatable bonds is 9. The lowest BCUT2D eigenvalue weighted by molar-refractivity contribution is 0.0283. The van der Waals surface area contributed by atoms with Gasteiger partial charge in [-0.25, -0.2) is 18.0 Å². The Bertz CT molecular complexity index is 1310. The van der Waals surface area contributed by atoms with E-state index in [9.17, 15) is 28.1 Å². The molecule has 3 rings (SSSR count). The van der Waals surface area contributed by atoms with Gasteiger partial charge in [0.1, 0.15) is 5.60 Å². The lowest BCUT2D eigenvalue weighted by Gasteiger charge is -2.25. The maximum atomic E-state index is 13.0. The molecule has 2 aromatic carbocycles. The molecule has 0 unspecified atom stereocenters. The van der Waals surface area contributed by atoms with E-state index in [4.69, 9.17) is 9.47 Å². The van der Waals surface area contributed by atoms with Crippen LogP contribution in [-0.4, -0.2) is 67.2 Å². The lowest BCUT2D eigenvalue weighted by Crippen LogP contribution is -2.34. The number of carbonyl (C=O) groups is 2. The Kier molecular flexibility index (Phi) is 9.35. The van der Waals surface area contributed by atoms with Crippen LogP contribution in [0.3, 0.4) is 0 Å². The van der Waals surface area contributed by atoms with Gasteiger partial charge in [0, 0.05) is 19.2 Å². The van der Waals surface area contributed by atoms with Crippen molar-refractivity contribution in [1.82, 2.24) is 4.90 Å². The van der Waals surface area contributed by atoms with Crippen LogP contribution in [0, 0.1) is 13.8 Å². The summed E-state index contributed by atoms with van der Waals surface area (Å²) in [6.45, 7) is 8.98. The molecule has 10 nitrogen and oxygen atoms in total. The Labute approximate surface area is 230 Å². The van der Waals surface area contributed by atoms with E-state index in [-0.39, 0.29) is 18.0 Å². The fraction of sp³-hybridized carbons (Fsp3) is 0.481. The first-order valence-electron chi connectivity index (χ1n) is 12.8. The second kappa shape index (κ2) is 12.0. The van der Waals surface area contributed by atoms with E-state index < -0.39 is 40.0 Å². The van der Waals surface area contributed by atoms with E-state index in [1.165, 1.54) is 30.1 Å². The highest BCUT2D eigenvalue weighted by atomic mass is 32.2. The molecule has 1 saturated carbocycles. The smallest absolute Gasteiger partial charge is 0.449 e. The van der Waals surface area contributed by atoms with Gasteiger partial charge in [0.25, 0.3) is 0 Å². The summed E-state index contributed by atoms with van der Waals surface area (Å²) in [6, 6.07) is 7.84. The molecule has 0 bridgehead atoms. The van der Waals surface area contributed by atoms with Gasteiger partial charge in [-0.05, 0) is 93.4 Å². The highest BCUT2D eigenvalue weighted by Crippen LogP contribution is 2.36. The summed E-state index contributed by atoms with van der Waals surface area (Å²) in [5.74, 6) is 0. The summed E-state index contributed by atoms with van der Waals surface area (Å²) in [6.07, 6.45) is 0.313. The molecule has 1 fully saturated rings. The van der Waals surface area contributed by atoms with Crippen molar-refractivity contribution in [2.75, 3.05) is 19.0 Å². The molecule has 0 spiro atoms. The summed E-state index contributed by atoms with van der Waals surface area (Å²) in [5.41, 5.74) is 3.03. The first-order chi connectivity index (χ1) is 18.1. The second-order valence-electron chi connectivity index (χ2n) is 10.9. The molecule has 12 heteroatoms. The lowest BCUT2D eigenvalue weighted by atomic mass is 9.77. The quantitative estimate of drug-likeness (QED) is 0.398. The summed E-state index contributed by atoms with van der Waals surface area (Å²) in [4.78, 5) is 26.4. The maximum Gasteiger partial charge on any atom is 0.488 e. The van der Waals surface area contributed by atoms with Crippen LogP contribution in [0.5, 0.6) is 0 Å². The number of nitrogens with one attached hydrogen (secondary N) is 1. The number of hydrogen-bond acceptors (Lipinski definition) is 8. The molecule has 39 heavy (non-hydrogen) atoms. The van der Waals surface area contributed by atoms with Crippen LogP contribution in [0.1, 0.15) is 55.9 Å². The van der Waals surface area contributed by atoms with E-state index in [1.54, 1.807) is 32.9 Å². The van der Waals surface area contributed by atoms with Gasteiger partial charge in [-0.15, -0.1) is 0 Å². The van der Waals surface area contributed by atoms with Gasteiger partial charge in [0.15, 0.2) is 9.84 Å². The van der Waals surface area contributed by atoms with Gasteiger partial charge in [-0.2, -0.15) is 0 Å². The minimum Gasteiger partial charge on any atom is -0.449 e. The average Bonchev–Trinajstić information content (AvgIpc) is 3.66. The number of nitrogens with zero attached hydrogens (tertiary/aromatic N) is 1. The monoisotopic (exact) mass is 560 g/mol. The molecule has 0 aromatic heterocycles. The van der Waals surface area contributed by atoms with Crippen molar-refractivity contribution in [2.24, 2.45) is 0 Å². The Morgan fingerprint density at radius 2 is 1.72 bits per heavy atom. The first-order valence-corrected chi connectivity index (χ1v) is 14.3. The molecule has 0 radical (unpaired) electrons. The Morgan fingerprint density at radius 3 is 2.26 bits per heavy atom. The molecule has 0 aliphatic heterocycles. The Balaban J connectivity index is 1.71. The number of amides is 2. The predicted molar refractivity (Wildman–Crippen MR) is 149 cm³/mol. The predicted octanol–water partition coefficient (Wildman–Crippen LogP) is 3.08. The highest BCUT2D eigenvalue weighted by Gasteiger charge is 2.38. The molecular weight excluding hydrogens is 523 g/mol. The SMILES string of the molecule is Cc1cc(B(O)O)cc(C)c1CCOC(=O)Nc1ccc(S(=O)(=O)C2CC2)c(CN(C)C(=O)OC(C)(C)C)c1. The Hall–Kier alpha value is -3.09. The van der Waals surface area contributed by atoms with Crippen LogP contribution >= 0.6 is 0 Å². The van der Waals surface area contributed by atoms with Gasteiger partial charge >= 0.3 is 19.3 Å². The van der Waals surface area contributed by atoms with Crippen molar-refractivity contribution >= 4 is 40.3 Å². The van der Waals surface area contributed by atoms with Crippen molar-refractivity contribution in [3.8, 4) is 0 Å². The number of hydrogen-bond donors (Lipinski definition) is 3. The second-order valence-corrected chi connectivity index (χ2v) is 13.1. The largest absolute Gasteiger partial charge is 0.488 e. The minimum absolute atomic E-state index is 0.0299. The van der Waals surface area contributed by atoms with Crippen LogP contribution in [0.15, 0.2) is 35.2 Å². The van der Waals surface area contributed by atoms with Crippen LogP contribution in [0.25, 0.3) is 0 Å². The standard InChI is InChI=1S/C27H37BN2O8S/c1-17-13-20(28(33)34)14-18(2)23(17)11-12-37-25(31)29-21-7-10-24(39(35,36)22-8-9-22)19(15-21)16-30(6)26(32)38-27(3,4)5/h7,10,13-15,22,33-34H,8-9,11-12,16H2,1-6H3,(H,29,31). The molecule has 2 aromatic rings. The Morgan fingerprint density at radius 1 is 1.10 bits per heavy atom. The van der Waals surface area contributed by atoms with E-state index >= 15 is 0 Å². The zero-order valence-corrected chi connectivity index (χ0v) is 24.1. The van der Waals surface area contributed by atoms with Crippen LogP contribution < -0.4 is 10.8 Å². The maximum absolute atomic E-state index is 13.0. The van der Waals surface area contributed by atoms with Crippen molar-refractivity contribution in [3.05, 3.63) is 52.6 Å². The molecule has 3 N–H and O–H groups in total. The van der Waals surface area contributed by atoms with E-state index in [2.05, 4.69) is 5.32 Å². The third-order valence-electron chi connectivity index (χ3n) is 6.29. The van der Waals surface area contributed by atoms with Crippen molar-refractivity contribution in [1.29, 1.82) is 0 Å². The normalized spacial score (nSPS) is 13.5. The van der Waals surface area contributed by atoms with Crippen LogP contribution in [0.2, 0.25) is 0 Å². The number of carbonyl (C=O) groups excluding carboxylic acids is 2. The van der Waals surface area contributed by atoms with E-state index in [0.717, 1.165) is 16.7 Å². The van der Waals surface area contributed by atoms with Gasteiger partial charge in [-0.3, -0.25) is 5.32 Å². The summed E-state index contributed by atoms with van der Waals surface area (Å²) in [5, 5.41) is 21.0. The molecule has 2 amide bonds. The zero-order valence-electron chi connectivity index (χ0n) is 23.3. The number of ether oxygens (including phenoxy) is 2. The highest BCUT2D eigenvalue weighted by molar-refractivity contribution is 7.92. The van der Waals surface area contributed by atoms with E-state index in [0.29, 0.717) is 36.0 Å². The minimum atomic E-state index is -3.56. The number of sulfone groups is 1. The van der Waals surface area contributed by atoms with Crippen LogP contribution in [-0.2, 0) is 32.3 Å².